The van der Waals surface area contributed by atoms with E-state index in [1.807, 2.05) is 7.05 Å². The fraction of sp³-hybridized carbons (Fsp3) is 0.600. The van der Waals surface area contributed by atoms with Crippen molar-refractivity contribution in [1.29, 1.82) is 0 Å². The van der Waals surface area contributed by atoms with Crippen molar-refractivity contribution >= 4 is 11.3 Å². The normalized spacial score (nSPS) is 13.1. The molecular formula is C10H18N2S. The highest BCUT2D eigenvalue weighted by Gasteiger charge is 1.98. The SMILES string of the molecule is CNCC(C)NCCc1ccsc1. The smallest absolute Gasteiger partial charge is 0.0164 e. The van der Waals surface area contributed by atoms with E-state index in [-0.39, 0.29) is 0 Å². The predicted octanol–water partition coefficient (Wildman–Crippen LogP) is 1.49. The zero-order valence-electron chi connectivity index (χ0n) is 8.34. The summed E-state index contributed by atoms with van der Waals surface area (Å²) in [4.78, 5) is 0. The molecule has 0 radical (unpaired) electrons. The van der Waals surface area contributed by atoms with Crippen LogP contribution in [0.15, 0.2) is 16.8 Å². The lowest BCUT2D eigenvalue weighted by Gasteiger charge is -2.12. The van der Waals surface area contributed by atoms with E-state index in [0.717, 1.165) is 19.5 Å². The Hall–Kier alpha value is -0.380. The van der Waals surface area contributed by atoms with Gasteiger partial charge in [-0.15, -0.1) is 0 Å². The van der Waals surface area contributed by atoms with Crippen molar-refractivity contribution in [3.05, 3.63) is 22.4 Å². The Morgan fingerprint density at radius 1 is 1.54 bits per heavy atom. The summed E-state index contributed by atoms with van der Waals surface area (Å²) >= 11 is 1.77. The molecule has 0 saturated carbocycles. The van der Waals surface area contributed by atoms with E-state index in [4.69, 9.17) is 0 Å². The van der Waals surface area contributed by atoms with Gasteiger partial charge in [0.15, 0.2) is 0 Å². The Kier molecular flexibility index (Phi) is 5.05. The molecule has 0 aliphatic carbocycles. The zero-order valence-corrected chi connectivity index (χ0v) is 9.16. The second-order valence-corrected chi connectivity index (χ2v) is 4.07. The number of hydrogen-bond acceptors (Lipinski definition) is 3. The van der Waals surface area contributed by atoms with Crippen LogP contribution in [-0.4, -0.2) is 26.2 Å². The molecule has 74 valence electrons. The van der Waals surface area contributed by atoms with Gasteiger partial charge in [0.25, 0.3) is 0 Å². The van der Waals surface area contributed by atoms with Crippen LogP contribution in [-0.2, 0) is 6.42 Å². The standard InChI is InChI=1S/C10H18N2S/c1-9(7-11-2)12-5-3-10-4-6-13-8-10/h4,6,8-9,11-12H,3,5,7H2,1-2H3. The predicted molar refractivity (Wildman–Crippen MR) is 59.4 cm³/mol. The minimum absolute atomic E-state index is 0.559. The van der Waals surface area contributed by atoms with Crippen molar-refractivity contribution in [2.75, 3.05) is 20.1 Å². The summed E-state index contributed by atoms with van der Waals surface area (Å²) in [6, 6.07) is 2.75. The van der Waals surface area contributed by atoms with Gasteiger partial charge in [0.1, 0.15) is 0 Å². The molecule has 1 heterocycles. The minimum atomic E-state index is 0.559. The van der Waals surface area contributed by atoms with Gasteiger partial charge in [-0.3, -0.25) is 0 Å². The highest BCUT2D eigenvalue weighted by atomic mass is 32.1. The number of rotatable bonds is 6. The van der Waals surface area contributed by atoms with E-state index in [0.29, 0.717) is 6.04 Å². The second kappa shape index (κ2) is 6.13. The van der Waals surface area contributed by atoms with Crippen LogP contribution in [0.3, 0.4) is 0 Å². The lowest BCUT2D eigenvalue weighted by atomic mass is 10.2. The lowest BCUT2D eigenvalue weighted by Crippen LogP contribution is -2.35. The molecule has 0 aromatic carbocycles. The van der Waals surface area contributed by atoms with E-state index in [1.165, 1.54) is 5.56 Å². The molecule has 2 N–H and O–H groups in total. The molecule has 0 spiro atoms. The van der Waals surface area contributed by atoms with Crippen molar-refractivity contribution in [2.24, 2.45) is 0 Å². The van der Waals surface area contributed by atoms with Crippen molar-refractivity contribution < 1.29 is 0 Å². The Balaban J connectivity index is 2.07. The van der Waals surface area contributed by atoms with Crippen LogP contribution in [0.4, 0.5) is 0 Å². The third-order valence-corrected chi connectivity index (χ3v) is 2.73. The molecular weight excluding hydrogens is 180 g/mol. The average molecular weight is 198 g/mol. The van der Waals surface area contributed by atoms with Crippen molar-refractivity contribution in [3.63, 3.8) is 0 Å². The molecule has 0 saturated heterocycles. The summed E-state index contributed by atoms with van der Waals surface area (Å²) in [6.45, 7) is 4.30. The van der Waals surface area contributed by atoms with Gasteiger partial charge in [-0.2, -0.15) is 11.3 Å². The molecule has 0 bridgehead atoms. The Morgan fingerprint density at radius 2 is 2.38 bits per heavy atom. The Labute approximate surface area is 84.4 Å². The van der Waals surface area contributed by atoms with Crippen LogP contribution in [0.5, 0.6) is 0 Å². The van der Waals surface area contributed by atoms with Gasteiger partial charge in [0.2, 0.25) is 0 Å². The maximum absolute atomic E-state index is 3.46. The lowest BCUT2D eigenvalue weighted by molar-refractivity contribution is 0.526. The van der Waals surface area contributed by atoms with Gasteiger partial charge in [-0.1, -0.05) is 0 Å². The van der Waals surface area contributed by atoms with Crippen LogP contribution in [0, 0.1) is 0 Å². The van der Waals surface area contributed by atoms with Gasteiger partial charge in [-0.25, -0.2) is 0 Å². The summed E-state index contributed by atoms with van der Waals surface area (Å²) in [7, 11) is 1.98. The van der Waals surface area contributed by atoms with Crippen molar-refractivity contribution in [1.82, 2.24) is 10.6 Å². The summed E-state index contributed by atoms with van der Waals surface area (Å²) in [5.74, 6) is 0. The molecule has 13 heavy (non-hydrogen) atoms. The summed E-state index contributed by atoms with van der Waals surface area (Å²) in [5.41, 5.74) is 1.44. The van der Waals surface area contributed by atoms with E-state index >= 15 is 0 Å². The highest BCUT2D eigenvalue weighted by molar-refractivity contribution is 7.07. The molecule has 2 nitrogen and oxygen atoms in total. The van der Waals surface area contributed by atoms with Gasteiger partial charge in [0, 0.05) is 12.6 Å². The fourth-order valence-electron chi connectivity index (χ4n) is 1.28. The first kappa shape index (κ1) is 10.7. The maximum atomic E-state index is 3.46. The number of nitrogens with one attached hydrogen (secondary N) is 2. The number of hydrogen-bond donors (Lipinski definition) is 2. The molecule has 0 aliphatic heterocycles. The first-order valence-corrected chi connectivity index (χ1v) is 5.66. The van der Waals surface area contributed by atoms with E-state index in [9.17, 15) is 0 Å². The average Bonchev–Trinajstić information content (AvgIpc) is 2.57. The third-order valence-electron chi connectivity index (χ3n) is 2.00. The van der Waals surface area contributed by atoms with E-state index < -0.39 is 0 Å². The van der Waals surface area contributed by atoms with Crippen LogP contribution in [0.1, 0.15) is 12.5 Å². The van der Waals surface area contributed by atoms with Crippen molar-refractivity contribution in [3.8, 4) is 0 Å². The Bertz CT molecular complexity index is 209. The number of thiophene rings is 1. The summed E-state index contributed by atoms with van der Waals surface area (Å²) in [5, 5.41) is 11.0. The molecule has 0 amide bonds. The van der Waals surface area contributed by atoms with Crippen LogP contribution < -0.4 is 10.6 Å². The largest absolute Gasteiger partial charge is 0.318 e. The molecule has 0 aliphatic rings. The third kappa shape index (κ3) is 4.41. The monoisotopic (exact) mass is 198 g/mol. The van der Waals surface area contributed by atoms with E-state index in [1.54, 1.807) is 11.3 Å². The summed E-state index contributed by atoms with van der Waals surface area (Å²) < 4.78 is 0. The van der Waals surface area contributed by atoms with Crippen LogP contribution >= 0.6 is 11.3 Å². The van der Waals surface area contributed by atoms with Crippen LogP contribution in [0.25, 0.3) is 0 Å². The molecule has 1 aromatic rings. The van der Waals surface area contributed by atoms with Gasteiger partial charge in [-0.05, 0) is 49.3 Å². The highest BCUT2D eigenvalue weighted by Crippen LogP contribution is 2.05. The number of likely N-dealkylation sites (N-methyl/N-ethyl adjacent to an activating group) is 1. The van der Waals surface area contributed by atoms with E-state index in [2.05, 4.69) is 34.4 Å². The molecule has 1 atom stereocenters. The zero-order chi connectivity index (χ0) is 9.52. The van der Waals surface area contributed by atoms with Crippen LogP contribution in [0.2, 0.25) is 0 Å². The fourth-order valence-corrected chi connectivity index (χ4v) is 1.98. The quantitative estimate of drug-likeness (QED) is 0.723. The van der Waals surface area contributed by atoms with Gasteiger partial charge in [0.05, 0.1) is 0 Å². The first-order valence-electron chi connectivity index (χ1n) is 4.72. The Morgan fingerprint density at radius 3 is 3.00 bits per heavy atom. The molecule has 1 aromatic heterocycles. The molecule has 1 unspecified atom stereocenters. The summed E-state index contributed by atoms with van der Waals surface area (Å²) in [6.07, 6.45) is 1.14. The maximum Gasteiger partial charge on any atom is 0.0164 e. The minimum Gasteiger partial charge on any atom is -0.318 e. The van der Waals surface area contributed by atoms with Gasteiger partial charge < -0.3 is 10.6 Å². The van der Waals surface area contributed by atoms with Gasteiger partial charge >= 0.3 is 0 Å². The molecule has 0 fully saturated rings. The topological polar surface area (TPSA) is 24.1 Å². The second-order valence-electron chi connectivity index (χ2n) is 3.29. The molecule has 1 rings (SSSR count). The van der Waals surface area contributed by atoms with Crippen molar-refractivity contribution in [2.45, 2.75) is 19.4 Å². The molecule has 3 heteroatoms. The first-order chi connectivity index (χ1) is 6.33.